The second-order valence-corrected chi connectivity index (χ2v) is 2.55. The van der Waals surface area contributed by atoms with E-state index < -0.39 is 0 Å². The van der Waals surface area contributed by atoms with Gasteiger partial charge in [-0.25, -0.2) is 0 Å². The highest BCUT2D eigenvalue weighted by Crippen LogP contribution is 1.87. The van der Waals surface area contributed by atoms with E-state index in [4.69, 9.17) is 0 Å². The van der Waals surface area contributed by atoms with E-state index in [9.17, 15) is 4.79 Å². The van der Waals surface area contributed by atoms with Gasteiger partial charge in [-0.15, -0.1) is 0 Å². The smallest absolute Gasteiger partial charge is 0.237 e. The van der Waals surface area contributed by atoms with Gasteiger partial charge in [0.05, 0.1) is 6.04 Å². The Morgan fingerprint density at radius 1 is 1.45 bits per heavy atom. The minimum atomic E-state index is -0.150. The average Bonchev–Trinajstić information content (AvgIpc) is 2.00. The number of hydrogen-bond acceptors (Lipinski definition) is 3. The Labute approximate surface area is 73.3 Å². The van der Waals surface area contributed by atoms with Gasteiger partial charge in [-0.1, -0.05) is 6.92 Å². The fourth-order valence-corrected chi connectivity index (χ4v) is 1.08. The van der Waals surface area contributed by atoms with Crippen molar-refractivity contribution in [1.82, 2.24) is 10.6 Å². The highest BCUT2D eigenvalue weighted by Gasteiger charge is 2.13. The van der Waals surface area contributed by atoms with Crippen molar-refractivity contribution >= 4 is 18.5 Å². The molecular weight excluding hydrogens is 160 g/mol. The zero-order chi connectivity index (χ0) is 8.69. The van der Waals surface area contributed by atoms with Gasteiger partial charge in [0.25, 0.3) is 0 Å². The summed E-state index contributed by atoms with van der Waals surface area (Å²) in [6.45, 7) is 5.34. The summed E-state index contributed by atoms with van der Waals surface area (Å²) in [4.78, 5) is 11.1. The van der Waals surface area contributed by atoms with Crippen LogP contribution in [-0.4, -0.2) is 30.8 Å². The summed E-state index contributed by atoms with van der Waals surface area (Å²) < 4.78 is 0. The Morgan fingerprint density at radius 2 is 2.09 bits per heavy atom. The lowest BCUT2D eigenvalue weighted by atomic mass is 10.3. The summed E-state index contributed by atoms with van der Waals surface area (Å²) in [6.07, 6.45) is 0. The van der Waals surface area contributed by atoms with E-state index in [1.54, 1.807) is 0 Å². The number of hydrogen-bond donors (Lipinski definition) is 3. The first-order valence-corrected chi connectivity index (χ1v) is 4.51. The molecular formula is C7H16N2OS. The zero-order valence-corrected chi connectivity index (χ0v) is 7.95. The molecule has 0 rings (SSSR count). The van der Waals surface area contributed by atoms with Crippen LogP contribution in [0.2, 0.25) is 0 Å². The normalized spacial score (nSPS) is 12.6. The summed E-state index contributed by atoms with van der Waals surface area (Å²) >= 11 is 4.06. The molecule has 1 amide bonds. The van der Waals surface area contributed by atoms with Crippen LogP contribution in [0.5, 0.6) is 0 Å². The maximum Gasteiger partial charge on any atom is 0.237 e. The molecule has 0 fully saturated rings. The van der Waals surface area contributed by atoms with E-state index in [1.165, 1.54) is 0 Å². The van der Waals surface area contributed by atoms with Gasteiger partial charge in [0.2, 0.25) is 5.91 Å². The number of carbonyl (C=O) groups excluding carboxylic acids is 1. The zero-order valence-electron chi connectivity index (χ0n) is 7.05. The van der Waals surface area contributed by atoms with Crippen LogP contribution in [0, 0.1) is 0 Å². The Bertz CT molecular complexity index is 119. The van der Waals surface area contributed by atoms with Crippen LogP contribution in [0.1, 0.15) is 13.8 Å². The van der Waals surface area contributed by atoms with Crippen molar-refractivity contribution in [2.75, 3.05) is 18.8 Å². The van der Waals surface area contributed by atoms with Crippen LogP contribution in [0.25, 0.3) is 0 Å². The number of thiol groups is 1. The monoisotopic (exact) mass is 176 g/mol. The summed E-state index contributed by atoms with van der Waals surface area (Å²) in [7, 11) is 0. The highest BCUT2D eigenvalue weighted by molar-refractivity contribution is 7.80. The van der Waals surface area contributed by atoms with Gasteiger partial charge in [-0.05, 0) is 13.5 Å². The fraction of sp³-hybridized carbons (Fsp3) is 0.857. The van der Waals surface area contributed by atoms with E-state index in [2.05, 4.69) is 23.3 Å². The average molecular weight is 176 g/mol. The molecule has 66 valence electrons. The van der Waals surface area contributed by atoms with E-state index in [0.717, 1.165) is 6.54 Å². The van der Waals surface area contributed by atoms with Crippen LogP contribution in [0.3, 0.4) is 0 Å². The molecule has 4 heteroatoms. The number of nitrogens with one attached hydrogen (secondary N) is 2. The third-order valence-corrected chi connectivity index (χ3v) is 1.67. The largest absolute Gasteiger partial charge is 0.355 e. The number of amides is 1. The van der Waals surface area contributed by atoms with Crippen LogP contribution in [0.4, 0.5) is 0 Å². The van der Waals surface area contributed by atoms with Crippen LogP contribution < -0.4 is 10.6 Å². The molecule has 0 aromatic carbocycles. The van der Waals surface area contributed by atoms with Gasteiger partial charge in [0.15, 0.2) is 0 Å². The molecule has 0 aliphatic rings. The predicted octanol–water partition coefficient (Wildman–Crippen LogP) is 0.0304. The molecule has 0 saturated heterocycles. The maximum absolute atomic E-state index is 11.1. The quantitative estimate of drug-likeness (QED) is 0.517. The van der Waals surface area contributed by atoms with Crippen molar-refractivity contribution in [3.63, 3.8) is 0 Å². The predicted molar refractivity (Wildman–Crippen MR) is 50.0 cm³/mol. The second-order valence-electron chi connectivity index (χ2n) is 2.19. The van der Waals surface area contributed by atoms with Crippen molar-refractivity contribution < 1.29 is 4.79 Å². The molecule has 0 radical (unpaired) electrons. The Kier molecular flexibility index (Phi) is 6.36. The molecule has 0 bridgehead atoms. The molecule has 0 aromatic heterocycles. The van der Waals surface area contributed by atoms with Gasteiger partial charge < -0.3 is 10.6 Å². The van der Waals surface area contributed by atoms with Gasteiger partial charge >= 0.3 is 0 Å². The topological polar surface area (TPSA) is 41.1 Å². The molecule has 0 aromatic rings. The Morgan fingerprint density at radius 3 is 2.45 bits per heavy atom. The third-order valence-electron chi connectivity index (χ3n) is 1.30. The molecule has 0 heterocycles. The van der Waals surface area contributed by atoms with Crippen molar-refractivity contribution in [3.8, 4) is 0 Å². The van der Waals surface area contributed by atoms with Gasteiger partial charge in [-0.3, -0.25) is 4.79 Å². The summed E-state index contributed by atoms with van der Waals surface area (Å²) in [6, 6.07) is -0.150. The lowest BCUT2D eigenvalue weighted by Crippen LogP contribution is -2.45. The van der Waals surface area contributed by atoms with E-state index in [1.807, 2.05) is 13.8 Å². The molecule has 0 aliphatic heterocycles. The van der Waals surface area contributed by atoms with Crippen molar-refractivity contribution in [2.45, 2.75) is 19.9 Å². The highest BCUT2D eigenvalue weighted by atomic mass is 32.1. The van der Waals surface area contributed by atoms with Crippen LogP contribution >= 0.6 is 12.6 Å². The van der Waals surface area contributed by atoms with Crippen LogP contribution in [0.15, 0.2) is 0 Å². The van der Waals surface area contributed by atoms with Crippen LogP contribution in [-0.2, 0) is 4.79 Å². The van der Waals surface area contributed by atoms with Gasteiger partial charge in [-0.2, -0.15) is 12.6 Å². The Balaban J connectivity index is 3.71. The molecule has 0 saturated carbocycles. The Hall–Kier alpha value is -0.220. The van der Waals surface area contributed by atoms with Gasteiger partial charge in [0.1, 0.15) is 0 Å². The lowest BCUT2D eigenvalue weighted by Gasteiger charge is -2.13. The first-order valence-electron chi connectivity index (χ1n) is 3.88. The number of carbonyl (C=O) groups is 1. The SMILES string of the molecule is CCNC(=O)[C@H](CS)NCC. The summed E-state index contributed by atoms with van der Waals surface area (Å²) in [5.41, 5.74) is 0. The number of rotatable bonds is 5. The molecule has 1 atom stereocenters. The fourth-order valence-electron chi connectivity index (χ4n) is 0.784. The molecule has 0 spiro atoms. The minimum Gasteiger partial charge on any atom is -0.355 e. The molecule has 11 heavy (non-hydrogen) atoms. The number of likely N-dealkylation sites (N-methyl/N-ethyl adjacent to an activating group) is 2. The van der Waals surface area contributed by atoms with E-state index in [-0.39, 0.29) is 11.9 Å². The van der Waals surface area contributed by atoms with E-state index in [0.29, 0.717) is 12.3 Å². The third kappa shape index (κ3) is 4.27. The second kappa shape index (κ2) is 6.49. The molecule has 0 aliphatic carbocycles. The minimum absolute atomic E-state index is 0.0318. The standard InChI is InChI=1S/C7H16N2OS/c1-3-8-6(5-11)7(10)9-4-2/h6,8,11H,3-5H2,1-2H3,(H,9,10)/t6-/m0/s1. The van der Waals surface area contributed by atoms with E-state index >= 15 is 0 Å². The van der Waals surface area contributed by atoms with Crippen molar-refractivity contribution in [3.05, 3.63) is 0 Å². The molecule has 2 N–H and O–H groups in total. The maximum atomic E-state index is 11.1. The first-order chi connectivity index (χ1) is 5.26. The summed E-state index contributed by atoms with van der Waals surface area (Å²) in [5, 5.41) is 5.76. The van der Waals surface area contributed by atoms with Crippen molar-refractivity contribution in [1.29, 1.82) is 0 Å². The lowest BCUT2D eigenvalue weighted by molar-refractivity contribution is -0.122. The summed E-state index contributed by atoms with van der Waals surface area (Å²) in [5.74, 6) is 0.573. The van der Waals surface area contributed by atoms with Gasteiger partial charge in [0, 0.05) is 12.3 Å². The molecule has 0 unspecified atom stereocenters. The first kappa shape index (κ1) is 10.8. The van der Waals surface area contributed by atoms with Crippen molar-refractivity contribution in [2.24, 2.45) is 0 Å². The molecule has 3 nitrogen and oxygen atoms in total.